The number of nitrogens with one attached hydrogen (secondary N) is 1. The normalized spacial score (nSPS) is 11.1. The van der Waals surface area contributed by atoms with Gasteiger partial charge in [-0.3, -0.25) is 0 Å². The maximum absolute atomic E-state index is 6.07. The zero-order valence-electron chi connectivity index (χ0n) is 15.6. The van der Waals surface area contributed by atoms with Gasteiger partial charge in [0, 0.05) is 12.1 Å². The number of ether oxygens (including phenoxy) is 1. The quantitative estimate of drug-likeness (QED) is 0.516. The van der Waals surface area contributed by atoms with Crippen LogP contribution in [0.1, 0.15) is 31.4 Å². The smallest absolute Gasteiger partial charge is 0.124 e. The van der Waals surface area contributed by atoms with E-state index in [9.17, 15) is 0 Å². The first-order valence-corrected chi connectivity index (χ1v) is 9.97. The van der Waals surface area contributed by atoms with Gasteiger partial charge >= 0.3 is 0 Å². The van der Waals surface area contributed by atoms with Crippen molar-refractivity contribution in [3.63, 3.8) is 0 Å². The van der Waals surface area contributed by atoms with Crippen LogP contribution in [-0.2, 0) is 13.2 Å². The summed E-state index contributed by atoms with van der Waals surface area (Å²) in [6, 6.07) is 13.7. The van der Waals surface area contributed by atoms with Gasteiger partial charge in [0.25, 0.3) is 0 Å². The third kappa shape index (κ3) is 6.81. The molecular formula is C21H28Cl2N2O. The maximum atomic E-state index is 6.07. The molecule has 0 unspecified atom stereocenters. The number of benzene rings is 2. The van der Waals surface area contributed by atoms with Crippen molar-refractivity contribution < 1.29 is 4.74 Å². The molecule has 0 radical (unpaired) electrons. The molecule has 0 aliphatic carbocycles. The lowest BCUT2D eigenvalue weighted by Gasteiger charge is -2.18. The van der Waals surface area contributed by atoms with Crippen molar-refractivity contribution in [1.29, 1.82) is 0 Å². The fraction of sp³-hybridized carbons (Fsp3) is 0.429. The summed E-state index contributed by atoms with van der Waals surface area (Å²) < 4.78 is 6.00. The van der Waals surface area contributed by atoms with Crippen molar-refractivity contribution in [2.45, 2.75) is 33.4 Å². The van der Waals surface area contributed by atoms with Crippen molar-refractivity contribution in [3.8, 4) is 5.75 Å². The van der Waals surface area contributed by atoms with Gasteiger partial charge in [0.05, 0.1) is 10.0 Å². The van der Waals surface area contributed by atoms with E-state index in [0.29, 0.717) is 16.7 Å². The Morgan fingerprint density at radius 3 is 2.50 bits per heavy atom. The highest BCUT2D eigenvalue weighted by atomic mass is 35.5. The monoisotopic (exact) mass is 394 g/mol. The summed E-state index contributed by atoms with van der Waals surface area (Å²) in [5.74, 6) is 0.898. The first-order chi connectivity index (χ1) is 12.6. The van der Waals surface area contributed by atoms with E-state index in [4.69, 9.17) is 27.9 Å². The molecule has 2 aromatic rings. The molecular weight excluding hydrogens is 367 g/mol. The predicted octanol–water partition coefficient (Wildman–Crippen LogP) is 5.39. The molecule has 0 amide bonds. The Balaban J connectivity index is 1.82. The van der Waals surface area contributed by atoms with Gasteiger partial charge in [-0.05, 0) is 56.4 Å². The second-order valence-electron chi connectivity index (χ2n) is 6.20. The van der Waals surface area contributed by atoms with Gasteiger partial charge in [-0.15, -0.1) is 0 Å². The molecule has 0 saturated heterocycles. The van der Waals surface area contributed by atoms with E-state index in [1.165, 1.54) is 0 Å². The van der Waals surface area contributed by atoms with Gasteiger partial charge < -0.3 is 15.0 Å². The van der Waals surface area contributed by atoms with E-state index in [1.807, 2.05) is 30.3 Å². The van der Waals surface area contributed by atoms with Gasteiger partial charge in [0.15, 0.2) is 0 Å². The van der Waals surface area contributed by atoms with Gasteiger partial charge in [-0.2, -0.15) is 0 Å². The summed E-state index contributed by atoms with van der Waals surface area (Å²) in [4.78, 5) is 2.44. The van der Waals surface area contributed by atoms with E-state index >= 15 is 0 Å². The van der Waals surface area contributed by atoms with Crippen molar-refractivity contribution in [3.05, 3.63) is 63.6 Å². The van der Waals surface area contributed by atoms with Crippen LogP contribution in [0.2, 0.25) is 10.0 Å². The van der Waals surface area contributed by atoms with Gasteiger partial charge in [0.1, 0.15) is 12.4 Å². The molecule has 0 fully saturated rings. The summed E-state index contributed by atoms with van der Waals surface area (Å²) in [7, 11) is 0. The molecule has 0 heterocycles. The first-order valence-electron chi connectivity index (χ1n) is 9.21. The third-order valence-electron chi connectivity index (χ3n) is 4.39. The van der Waals surface area contributed by atoms with E-state index in [1.54, 1.807) is 6.07 Å². The minimum Gasteiger partial charge on any atom is -0.489 e. The fourth-order valence-corrected chi connectivity index (χ4v) is 3.09. The Labute approximate surface area is 167 Å². The van der Waals surface area contributed by atoms with Crippen LogP contribution in [-0.4, -0.2) is 31.1 Å². The fourth-order valence-electron chi connectivity index (χ4n) is 2.77. The van der Waals surface area contributed by atoms with E-state index in [2.05, 4.69) is 30.1 Å². The maximum Gasteiger partial charge on any atom is 0.124 e. The molecule has 0 aliphatic heterocycles. The summed E-state index contributed by atoms with van der Waals surface area (Å²) >= 11 is 12.0. The van der Waals surface area contributed by atoms with Crippen molar-refractivity contribution in [1.82, 2.24) is 10.2 Å². The topological polar surface area (TPSA) is 24.5 Å². The molecule has 0 atom stereocenters. The molecule has 3 nitrogen and oxygen atoms in total. The number of nitrogens with zero attached hydrogens (tertiary/aromatic N) is 1. The zero-order valence-corrected chi connectivity index (χ0v) is 17.1. The molecule has 142 valence electrons. The van der Waals surface area contributed by atoms with Crippen LogP contribution in [0, 0.1) is 0 Å². The van der Waals surface area contributed by atoms with Crippen LogP contribution in [0.4, 0.5) is 0 Å². The molecule has 2 rings (SSSR count). The lowest BCUT2D eigenvalue weighted by Crippen LogP contribution is -2.27. The van der Waals surface area contributed by atoms with Crippen LogP contribution < -0.4 is 10.1 Å². The van der Waals surface area contributed by atoms with Crippen LogP contribution in [0.3, 0.4) is 0 Å². The van der Waals surface area contributed by atoms with E-state index in [0.717, 1.165) is 56.0 Å². The summed E-state index contributed by atoms with van der Waals surface area (Å²) in [6.45, 7) is 10.0. The second kappa shape index (κ2) is 11.5. The van der Waals surface area contributed by atoms with Crippen molar-refractivity contribution in [2.24, 2.45) is 0 Å². The summed E-state index contributed by atoms with van der Waals surface area (Å²) in [5.41, 5.74) is 2.16. The van der Waals surface area contributed by atoms with Crippen LogP contribution in [0.15, 0.2) is 42.5 Å². The number of para-hydroxylation sites is 1. The Kier molecular flexibility index (Phi) is 9.27. The molecule has 5 heteroatoms. The van der Waals surface area contributed by atoms with Crippen LogP contribution >= 0.6 is 23.2 Å². The third-order valence-corrected chi connectivity index (χ3v) is 5.13. The molecule has 0 spiro atoms. The average molecular weight is 395 g/mol. The summed E-state index contributed by atoms with van der Waals surface area (Å²) in [5, 5.41) is 4.63. The minimum absolute atomic E-state index is 0.468. The number of hydrogen-bond donors (Lipinski definition) is 1. The largest absolute Gasteiger partial charge is 0.489 e. The molecule has 26 heavy (non-hydrogen) atoms. The van der Waals surface area contributed by atoms with E-state index < -0.39 is 0 Å². The number of halogens is 2. The Hall–Kier alpha value is -1.26. The highest BCUT2D eigenvalue weighted by Gasteiger charge is 2.05. The summed E-state index contributed by atoms with van der Waals surface area (Å²) in [6.07, 6.45) is 1.15. The van der Waals surface area contributed by atoms with Crippen molar-refractivity contribution in [2.75, 3.05) is 26.2 Å². The highest BCUT2D eigenvalue weighted by molar-refractivity contribution is 6.42. The van der Waals surface area contributed by atoms with Crippen molar-refractivity contribution >= 4 is 23.2 Å². The molecule has 0 aliphatic rings. The standard InChI is InChI=1S/C21H28Cl2N2O/c1-3-25(4-2)13-7-12-24-15-18-8-5-6-9-21(18)26-16-17-10-11-19(22)20(23)14-17/h5-6,8-11,14,24H,3-4,7,12-13,15-16H2,1-2H3. The Bertz CT molecular complexity index is 675. The molecule has 1 N–H and O–H groups in total. The molecule has 0 aromatic heterocycles. The minimum atomic E-state index is 0.468. The lowest BCUT2D eigenvalue weighted by molar-refractivity contribution is 0.295. The van der Waals surface area contributed by atoms with Crippen LogP contribution in [0.5, 0.6) is 5.75 Å². The Morgan fingerprint density at radius 1 is 1.00 bits per heavy atom. The van der Waals surface area contributed by atoms with Gasteiger partial charge in [0.2, 0.25) is 0 Å². The zero-order chi connectivity index (χ0) is 18.8. The highest BCUT2D eigenvalue weighted by Crippen LogP contribution is 2.24. The van der Waals surface area contributed by atoms with E-state index in [-0.39, 0.29) is 0 Å². The molecule has 0 bridgehead atoms. The Morgan fingerprint density at radius 2 is 1.77 bits per heavy atom. The lowest BCUT2D eigenvalue weighted by atomic mass is 10.2. The van der Waals surface area contributed by atoms with Crippen LogP contribution in [0.25, 0.3) is 0 Å². The van der Waals surface area contributed by atoms with Gasteiger partial charge in [-0.25, -0.2) is 0 Å². The molecule has 2 aromatic carbocycles. The average Bonchev–Trinajstić information content (AvgIpc) is 2.66. The van der Waals surface area contributed by atoms with Gasteiger partial charge in [-0.1, -0.05) is 61.3 Å². The SMILES string of the molecule is CCN(CC)CCCNCc1ccccc1OCc1ccc(Cl)c(Cl)c1. The predicted molar refractivity (Wildman–Crippen MR) is 111 cm³/mol. The number of rotatable bonds is 11. The molecule has 0 saturated carbocycles. The second-order valence-corrected chi connectivity index (χ2v) is 7.02. The first kappa shape index (κ1) is 21.0. The number of hydrogen-bond acceptors (Lipinski definition) is 3.